The molecule has 2 aromatic rings. The van der Waals surface area contributed by atoms with Crippen LogP contribution in [0.15, 0.2) is 47.5 Å². The fraction of sp³-hybridized carbons (Fsp3) is 0.294. The molecule has 24 heavy (non-hydrogen) atoms. The molecule has 0 radical (unpaired) electrons. The Morgan fingerprint density at radius 1 is 1.25 bits per heavy atom. The Bertz CT molecular complexity index is 866. The average molecular weight is 345 g/mol. The van der Waals surface area contributed by atoms with Crippen LogP contribution in [0, 0.1) is 0 Å². The van der Waals surface area contributed by atoms with Gasteiger partial charge in [-0.15, -0.1) is 0 Å². The van der Waals surface area contributed by atoms with Crippen LogP contribution in [0.2, 0.25) is 0 Å². The summed E-state index contributed by atoms with van der Waals surface area (Å²) < 4.78 is 27.1. The van der Waals surface area contributed by atoms with Gasteiger partial charge in [0.15, 0.2) is 0 Å². The Morgan fingerprint density at radius 3 is 2.75 bits per heavy atom. The lowest BCUT2D eigenvalue weighted by Gasteiger charge is -2.25. The Labute approximate surface area is 141 Å². The molecule has 7 heteroatoms. The third-order valence-electron chi connectivity index (χ3n) is 4.34. The smallest absolute Gasteiger partial charge is 0.251 e. The van der Waals surface area contributed by atoms with Gasteiger partial charge in [0, 0.05) is 25.4 Å². The fourth-order valence-electron chi connectivity index (χ4n) is 2.74. The zero-order valence-electron chi connectivity index (χ0n) is 13.6. The van der Waals surface area contributed by atoms with Gasteiger partial charge in [0.1, 0.15) is 0 Å². The highest BCUT2D eigenvalue weighted by Crippen LogP contribution is 2.26. The summed E-state index contributed by atoms with van der Waals surface area (Å²) in [4.78, 5) is 16.3. The number of hydrogen-bond acceptors (Lipinski definition) is 4. The zero-order chi connectivity index (χ0) is 17.3. The van der Waals surface area contributed by atoms with Crippen LogP contribution < -0.4 is 5.32 Å². The number of carbonyl (C=O) groups is 1. The van der Waals surface area contributed by atoms with Gasteiger partial charge in [-0.3, -0.25) is 9.78 Å². The molecule has 0 bridgehead atoms. The third-order valence-corrected chi connectivity index (χ3v) is 6.27. The van der Waals surface area contributed by atoms with Crippen LogP contribution in [0.25, 0.3) is 0 Å². The second kappa shape index (κ2) is 6.33. The highest BCUT2D eigenvalue weighted by atomic mass is 32.2. The lowest BCUT2D eigenvalue weighted by atomic mass is 10.0. The molecule has 1 atom stereocenters. The fourth-order valence-corrected chi connectivity index (χ4v) is 4.10. The molecule has 0 spiro atoms. The first kappa shape index (κ1) is 16.6. The summed E-state index contributed by atoms with van der Waals surface area (Å²) in [5.74, 6) is -0.228. The number of fused-ring (bicyclic) bond motifs is 1. The van der Waals surface area contributed by atoms with Crippen LogP contribution in [-0.4, -0.2) is 37.2 Å². The van der Waals surface area contributed by atoms with E-state index in [1.54, 1.807) is 37.4 Å². The molecule has 1 aromatic heterocycles. The molecular weight excluding hydrogens is 326 g/mol. The van der Waals surface area contributed by atoms with Crippen molar-refractivity contribution >= 4 is 15.9 Å². The van der Waals surface area contributed by atoms with Crippen molar-refractivity contribution in [2.24, 2.45) is 0 Å². The number of hydrogen-bond donors (Lipinski definition) is 1. The van der Waals surface area contributed by atoms with E-state index in [2.05, 4.69) is 10.3 Å². The minimum Gasteiger partial charge on any atom is -0.352 e. The average Bonchev–Trinajstić information content (AvgIpc) is 2.61. The maximum Gasteiger partial charge on any atom is 0.251 e. The molecule has 0 aliphatic carbocycles. The molecule has 0 fully saturated rings. The molecule has 126 valence electrons. The van der Waals surface area contributed by atoms with Crippen molar-refractivity contribution in [2.75, 3.05) is 13.6 Å². The van der Waals surface area contributed by atoms with Crippen molar-refractivity contribution in [1.82, 2.24) is 14.6 Å². The molecule has 1 N–H and O–H groups in total. The Balaban J connectivity index is 1.96. The van der Waals surface area contributed by atoms with Gasteiger partial charge < -0.3 is 5.32 Å². The summed E-state index contributed by atoms with van der Waals surface area (Å²) in [5, 5.41) is 2.74. The van der Waals surface area contributed by atoms with Gasteiger partial charge in [-0.25, -0.2) is 8.42 Å². The summed E-state index contributed by atoms with van der Waals surface area (Å²) in [6.45, 7) is 2.36. The molecule has 1 aromatic carbocycles. The van der Waals surface area contributed by atoms with Gasteiger partial charge in [-0.2, -0.15) is 4.31 Å². The molecule has 1 aliphatic rings. The number of carbonyl (C=O) groups excluding carboxylic acids is 1. The predicted octanol–water partition coefficient (Wildman–Crippen LogP) is 1.75. The molecule has 1 aliphatic heterocycles. The van der Waals surface area contributed by atoms with E-state index in [0.717, 1.165) is 5.56 Å². The van der Waals surface area contributed by atoms with E-state index in [-0.39, 0.29) is 10.8 Å². The van der Waals surface area contributed by atoms with Crippen LogP contribution in [0.4, 0.5) is 0 Å². The monoisotopic (exact) mass is 345 g/mol. The van der Waals surface area contributed by atoms with Crippen molar-refractivity contribution < 1.29 is 13.2 Å². The van der Waals surface area contributed by atoms with Crippen LogP contribution in [0.3, 0.4) is 0 Å². The topological polar surface area (TPSA) is 79.4 Å². The van der Waals surface area contributed by atoms with E-state index in [4.69, 9.17) is 0 Å². The van der Waals surface area contributed by atoms with Crippen LogP contribution in [0.5, 0.6) is 0 Å². The number of amides is 1. The van der Waals surface area contributed by atoms with Crippen molar-refractivity contribution in [3.05, 3.63) is 59.4 Å². The predicted molar refractivity (Wildman–Crippen MR) is 90.1 cm³/mol. The summed E-state index contributed by atoms with van der Waals surface area (Å²) >= 11 is 0. The number of aromatic nitrogens is 1. The number of benzene rings is 1. The number of rotatable bonds is 4. The SMILES string of the molecule is CC(c1ccccn1)N(C)S(=O)(=O)c1ccc2c(c1)C(=O)NCC2. The molecule has 1 unspecified atom stereocenters. The quantitative estimate of drug-likeness (QED) is 0.915. The number of nitrogens with zero attached hydrogens (tertiary/aromatic N) is 2. The summed E-state index contributed by atoms with van der Waals surface area (Å²) in [5.41, 5.74) is 1.97. The lowest BCUT2D eigenvalue weighted by Crippen LogP contribution is -2.33. The highest BCUT2D eigenvalue weighted by Gasteiger charge is 2.28. The van der Waals surface area contributed by atoms with Crippen LogP contribution >= 0.6 is 0 Å². The number of pyridine rings is 1. The normalized spacial score (nSPS) is 15.7. The molecule has 6 nitrogen and oxygen atoms in total. The molecule has 0 saturated carbocycles. The first-order valence-electron chi connectivity index (χ1n) is 7.71. The Hall–Kier alpha value is -2.25. The Morgan fingerprint density at radius 2 is 2.04 bits per heavy atom. The second-order valence-corrected chi connectivity index (χ2v) is 7.77. The van der Waals surface area contributed by atoms with Gasteiger partial charge in [-0.05, 0) is 43.2 Å². The van der Waals surface area contributed by atoms with E-state index >= 15 is 0 Å². The maximum atomic E-state index is 12.9. The summed E-state index contributed by atoms with van der Waals surface area (Å²) in [6, 6.07) is 9.72. The summed E-state index contributed by atoms with van der Waals surface area (Å²) in [6.07, 6.45) is 2.34. The van der Waals surface area contributed by atoms with E-state index in [0.29, 0.717) is 24.2 Å². The Kier molecular flexibility index (Phi) is 4.38. The minimum absolute atomic E-state index is 0.114. The van der Waals surface area contributed by atoms with E-state index < -0.39 is 16.1 Å². The minimum atomic E-state index is -3.73. The van der Waals surface area contributed by atoms with E-state index in [9.17, 15) is 13.2 Å². The third kappa shape index (κ3) is 2.92. The van der Waals surface area contributed by atoms with Crippen molar-refractivity contribution in [3.63, 3.8) is 0 Å². The largest absolute Gasteiger partial charge is 0.352 e. The van der Waals surface area contributed by atoms with Crippen molar-refractivity contribution in [3.8, 4) is 0 Å². The zero-order valence-corrected chi connectivity index (χ0v) is 14.4. The first-order chi connectivity index (χ1) is 11.4. The van der Waals surface area contributed by atoms with Gasteiger partial charge >= 0.3 is 0 Å². The molecule has 1 amide bonds. The van der Waals surface area contributed by atoms with Gasteiger partial charge in [0.25, 0.3) is 5.91 Å². The van der Waals surface area contributed by atoms with Crippen molar-refractivity contribution in [1.29, 1.82) is 0 Å². The van der Waals surface area contributed by atoms with E-state index in [1.165, 1.54) is 17.4 Å². The number of nitrogens with one attached hydrogen (secondary N) is 1. The number of sulfonamides is 1. The molecular formula is C17H19N3O3S. The lowest BCUT2D eigenvalue weighted by molar-refractivity contribution is 0.0945. The maximum absolute atomic E-state index is 12.9. The van der Waals surface area contributed by atoms with Gasteiger partial charge in [-0.1, -0.05) is 12.1 Å². The van der Waals surface area contributed by atoms with Crippen molar-refractivity contribution in [2.45, 2.75) is 24.3 Å². The highest BCUT2D eigenvalue weighted by molar-refractivity contribution is 7.89. The molecule has 2 heterocycles. The summed E-state index contributed by atoms with van der Waals surface area (Å²) in [7, 11) is -2.21. The van der Waals surface area contributed by atoms with E-state index in [1.807, 2.05) is 6.07 Å². The first-order valence-corrected chi connectivity index (χ1v) is 9.15. The van der Waals surface area contributed by atoms with Crippen LogP contribution in [0.1, 0.15) is 34.6 Å². The van der Waals surface area contributed by atoms with Gasteiger partial charge in [0.05, 0.1) is 16.6 Å². The standard InChI is InChI=1S/C17H19N3O3S/c1-12(16-5-3-4-9-18-16)20(2)24(22,23)14-7-6-13-8-10-19-17(21)15(13)11-14/h3-7,9,11-12H,8,10H2,1-2H3,(H,19,21). The molecule has 3 rings (SSSR count). The van der Waals surface area contributed by atoms with Crippen LogP contribution in [-0.2, 0) is 16.4 Å². The molecule has 0 saturated heterocycles. The second-order valence-electron chi connectivity index (χ2n) is 5.78. The van der Waals surface area contributed by atoms with Gasteiger partial charge in [0.2, 0.25) is 10.0 Å².